The van der Waals surface area contributed by atoms with Gasteiger partial charge in [-0.25, -0.2) is 4.79 Å². The van der Waals surface area contributed by atoms with Gasteiger partial charge < -0.3 is 14.1 Å². The van der Waals surface area contributed by atoms with Crippen LogP contribution >= 0.6 is 0 Å². The van der Waals surface area contributed by atoms with Gasteiger partial charge in [0.25, 0.3) is 0 Å². The normalized spacial score (nSPS) is 11.3. The molecule has 1 N–H and O–H groups in total. The predicted molar refractivity (Wildman–Crippen MR) is 70.6 cm³/mol. The van der Waals surface area contributed by atoms with E-state index in [4.69, 9.17) is 4.42 Å². The van der Waals surface area contributed by atoms with Gasteiger partial charge in [0.2, 0.25) is 0 Å². The Bertz CT molecular complexity index is 886. The van der Waals surface area contributed by atoms with Gasteiger partial charge in [-0.1, -0.05) is 12.1 Å². The van der Waals surface area contributed by atoms with Gasteiger partial charge in [-0.3, -0.25) is 4.79 Å². The minimum atomic E-state index is -0.811. The van der Waals surface area contributed by atoms with Crippen molar-refractivity contribution in [3.63, 3.8) is 0 Å². The van der Waals surface area contributed by atoms with Gasteiger partial charge in [0.15, 0.2) is 17.1 Å². The van der Waals surface area contributed by atoms with Crippen molar-refractivity contribution in [1.82, 2.24) is 4.57 Å². The van der Waals surface area contributed by atoms with Crippen LogP contribution in [0, 0.1) is 0 Å². The second-order valence-corrected chi connectivity index (χ2v) is 4.42. The smallest absolute Gasteiger partial charge is 0.351 e. The van der Waals surface area contributed by atoms with E-state index >= 15 is 0 Å². The molecule has 19 heavy (non-hydrogen) atoms. The third-order valence-electron chi connectivity index (χ3n) is 3.27. The molecule has 3 aromatic rings. The number of ketones is 1. The summed E-state index contributed by atoms with van der Waals surface area (Å²) in [5.74, 6) is -0.837. The molecule has 2 aromatic heterocycles. The summed E-state index contributed by atoms with van der Waals surface area (Å²) in [6.45, 7) is 1.22. The number of rotatable bonds is 1. The molecule has 0 saturated heterocycles. The third-order valence-corrected chi connectivity index (χ3v) is 3.27. The fourth-order valence-corrected chi connectivity index (χ4v) is 2.40. The topological polar surface area (TPSA) is 72.4 Å². The first-order valence-corrected chi connectivity index (χ1v) is 5.76. The van der Waals surface area contributed by atoms with Crippen LogP contribution < -0.4 is 5.63 Å². The van der Waals surface area contributed by atoms with E-state index < -0.39 is 11.4 Å². The summed E-state index contributed by atoms with van der Waals surface area (Å²) in [6.07, 6.45) is 0. The second kappa shape index (κ2) is 3.71. The monoisotopic (exact) mass is 257 g/mol. The van der Waals surface area contributed by atoms with E-state index in [0.717, 1.165) is 10.9 Å². The van der Waals surface area contributed by atoms with Crippen LogP contribution in [0.3, 0.4) is 0 Å². The number of aromatic hydroxyl groups is 1. The van der Waals surface area contributed by atoms with E-state index in [-0.39, 0.29) is 11.3 Å². The Kier molecular flexibility index (Phi) is 2.25. The number of aryl methyl sites for hydroxylation is 1. The van der Waals surface area contributed by atoms with Crippen LogP contribution in [0.4, 0.5) is 0 Å². The Balaban J connectivity index is 2.65. The Morgan fingerprint density at radius 3 is 2.68 bits per heavy atom. The molecule has 0 aliphatic heterocycles. The molecule has 5 nitrogen and oxygen atoms in total. The van der Waals surface area contributed by atoms with Crippen LogP contribution in [0.15, 0.2) is 33.5 Å². The average Bonchev–Trinajstić information content (AvgIpc) is 2.63. The number of Topliss-reactive ketones (excluding diaryl/α,β-unsaturated/α-hetero) is 1. The first-order chi connectivity index (χ1) is 9.02. The molecule has 2 heterocycles. The molecule has 0 unspecified atom stereocenters. The van der Waals surface area contributed by atoms with Crippen molar-refractivity contribution in [1.29, 1.82) is 0 Å². The second-order valence-electron chi connectivity index (χ2n) is 4.42. The average molecular weight is 257 g/mol. The minimum absolute atomic E-state index is 0.297. The van der Waals surface area contributed by atoms with Gasteiger partial charge in [-0.2, -0.15) is 0 Å². The van der Waals surface area contributed by atoms with Gasteiger partial charge in [0.05, 0.1) is 5.52 Å². The third kappa shape index (κ3) is 1.41. The van der Waals surface area contributed by atoms with Crippen LogP contribution in [0.2, 0.25) is 0 Å². The first-order valence-electron chi connectivity index (χ1n) is 5.76. The molecule has 0 aliphatic carbocycles. The lowest BCUT2D eigenvalue weighted by Gasteiger charge is -2.02. The summed E-state index contributed by atoms with van der Waals surface area (Å²) in [4.78, 5) is 23.2. The van der Waals surface area contributed by atoms with Crippen molar-refractivity contribution in [2.45, 2.75) is 6.92 Å². The van der Waals surface area contributed by atoms with Crippen LogP contribution in [0.25, 0.3) is 22.0 Å². The van der Waals surface area contributed by atoms with Crippen LogP contribution in [-0.2, 0) is 7.05 Å². The van der Waals surface area contributed by atoms with E-state index in [1.165, 1.54) is 6.92 Å². The number of carbonyl (C=O) groups excluding carboxylic acids is 1. The molecule has 0 radical (unpaired) electrons. The zero-order chi connectivity index (χ0) is 13.7. The maximum Gasteiger partial charge on any atom is 0.351 e. The van der Waals surface area contributed by atoms with Crippen LogP contribution in [-0.4, -0.2) is 15.5 Å². The lowest BCUT2D eigenvalue weighted by atomic mass is 10.1. The highest BCUT2D eigenvalue weighted by Crippen LogP contribution is 2.33. The van der Waals surface area contributed by atoms with Crippen molar-refractivity contribution < 1.29 is 14.3 Å². The van der Waals surface area contributed by atoms with E-state index in [9.17, 15) is 14.7 Å². The summed E-state index contributed by atoms with van der Waals surface area (Å²) in [7, 11) is 1.74. The SMILES string of the molecule is CC(=O)c1c(O)c2c(oc1=O)c1ccccc1n2C. The summed E-state index contributed by atoms with van der Waals surface area (Å²) in [5, 5.41) is 10.9. The molecule has 1 aromatic carbocycles. The molecule has 0 fully saturated rings. The van der Waals surface area contributed by atoms with Crippen LogP contribution in [0.1, 0.15) is 17.3 Å². The number of aromatic nitrogens is 1. The first kappa shape index (κ1) is 11.5. The highest BCUT2D eigenvalue weighted by molar-refractivity contribution is 6.09. The summed E-state index contributed by atoms with van der Waals surface area (Å²) in [5.41, 5.74) is 0.348. The van der Waals surface area contributed by atoms with Crippen molar-refractivity contribution >= 4 is 27.8 Å². The van der Waals surface area contributed by atoms with Gasteiger partial charge in [-0.05, 0) is 19.1 Å². The highest BCUT2D eigenvalue weighted by atomic mass is 16.4. The van der Waals surface area contributed by atoms with Crippen molar-refractivity contribution in [2.75, 3.05) is 0 Å². The standard InChI is InChI=1S/C14H11NO4/c1-7(16)10-12(17)11-13(19-14(10)18)8-5-3-4-6-9(8)15(11)2/h3-6,17H,1-2H3. The minimum Gasteiger partial charge on any atom is -0.505 e. The van der Waals surface area contributed by atoms with Gasteiger partial charge >= 0.3 is 5.63 Å². The summed E-state index contributed by atoms with van der Waals surface area (Å²) in [6, 6.07) is 7.32. The van der Waals surface area contributed by atoms with Crippen molar-refractivity contribution in [2.24, 2.45) is 7.05 Å². The largest absolute Gasteiger partial charge is 0.505 e. The van der Waals surface area contributed by atoms with Gasteiger partial charge in [0, 0.05) is 12.4 Å². The molecule has 96 valence electrons. The van der Waals surface area contributed by atoms with Crippen LogP contribution in [0.5, 0.6) is 5.75 Å². The Labute approximate surface area is 107 Å². The Morgan fingerprint density at radius 2 is 2.00 bits per heavy atom. The molecule has 0 spiro atoms. The predicted octanol–water partition coefficient (Wildman–Crippen LogP) is 2.19. The number of nitrogens with zero attached hydrogens (tertiary/aromatic N) is 1. The van der Waals surface area contributed by atoms with Crippen molar-refractivity contribution in [3.05, 3.63) is 40.2 Å². The van der Waals surface area contributed by atoms with E-state index in [1.807, 2.05) is 18.2 Å². The molecular formula is C14H11NO4. The van der Waals surface area contributed by atoms with E-state index in [2.05, 4.69) is 0 Å². The number of benzene rings is 1. The number of carbonyl (C=O) groups is 1. The van der Waals surface area contributed by atoms with E-state index in [0.29, 0.717) is 11.1 Å². The maximum absolute atomic E-state index is 11.8. The van der Waals surface area contributed by atoms with E-state index in [1.54, 1.807) is 17.7 Å². The number of fused-ring (bicyclic) bond motifs is 3. The fraction of sp³-hybridized carbons (Fsp3) is 0.143. The zero-order valence-electron chi connectivity index (χ0n) is 10.4. The molecule has 0 bridgehead atoms. The fourth-order valence-electron chi connectivity index (χ4n) is 2.40. The van der Waals surface area contributed by atoms with Gasteiger partial charge in [0.1, 0.15) is 11.1 Å². The molecular weight excluding hydrogens is 246 g/mol. The Hall–Kier alpha value is -2.56. The molecule has 3 rings (SSSR count). The molecule has 0 atom stereocenters. The molecule has 0 aliphatic rings. The zero-order valence-corrected chi connectivity index (χ0v) is 10.4. The highest BCUT2D eigenvalue weighted by Gasteiger charge is 2.22. The lowest BCUT2D eigenvalue weighted by Crippen LogP contribution is -2.12. The number of hydrogen-bond donors (Lipinski definition) is 1. The number of para-hydroxylation sites is 1. The quantitative estimate of drug-likeness (QED) is 0.678. The number of hydrogen-bond acceptors (Lipinski definition) is 4. The van der Waals surface area contributed by atoms with Gasteiger partial charge in [-0.15, -0.1) is 0 Å². The van der Waals surface area contributed by atoms with Crippen molar-refractivity contribution in [3.8, 4) is 5.75 Å². The summed E-state index contributed by atoms with van der Waals surface area (Å²) < 4.78 is 6.92. The molecule has 0 amide bonds. The lowest BCUT2D eigenvalue weighted by molar-refractivity contribution is 0.101. The molecule has 5 heteroatoms. The summed E-state index contributed by atoms with van der Waals surface area (Å²) >= 11 is 0. The maximum atomic E-state index is 11.8. The Morgan fingerprint density at radius 1 is 1.32 bits per heavy atom. The molecule has 0 saturated carbocycles.